The standard InChI is InChI=1S/C21H17Cl2NO5S/c1-21(2)10-17(25)19(30-14-6-4-13(5-7-14)24(27)28)18(11-21)29-20(26)15-8-3-12(22)9-16(15)23/h3-9H,10-11H2,1-2H3. The molecule has 0 fully saturated rings. The molecule has 0 radical (unpaired) electrons. The first kappa shape index (κ1) is 22.3. The summed E-state index contributed by atoms with van der Waals surface area (Å²) in [4.78, 5) is 36.8. The number of carbonyl (C=O) groups excluding carboxylic acids is 2. The Balaban J connectivity index is 1.93. The van der Waals surface area contributed by atoms with Crippen LogP contribution < -0.4 is 0 Å². The van der Waals surface area contributed by atoms with Crippen molar-refractivity contribution in [3.8, 4) is 0 Å². The highest BCUT2D eigenvalue weighted by atomic mass is 35.5. The summed E-state index contributed by atoms with van der Waals surface area (Å²) < 4.78 is 5.61. The van der Waals surface area contributed by atoms with Gasteiger partial charge in [-0.05, 0) is 35.7 Å². The quantitative estimate of drug-likeness (QED) is 0.286. The topological polar surface area (TPSA) is 86.5 Å². The smallest absolute Gasteiger partial charge is 0.344 e. The van der Waals surface area contributed by atoms with Gasteiger partial charge in [0.25, 0.3) is 5.69 Å². The maximum atomic E-state index is 12.8. The number of thioether (sulfide) groups is 1. The summed E-state index contributed by atoms with van der Waals surface area (Å²) in [6, 6.07) is 10.3. The van der Waals surface area contributed by atoms with Crippen molar-refractivity contribution in [2.24, 2.45) is 5.41 Å². The van der Waals surface area contributed by atoms with Crippen molar-refractivity contribution in [1.29, 1.82) is 0 Å². The van der Waals surface area contributed by atoms with Crippen LogP contribution in [0.1, 0.15) is 37.0 Å². The van der Waals surface area contributed by atoms with Crippen molar-refractivity contribution < 1.29 is 19.2 Å². The molecule has 9 heteroatoms. The van der Waals surface area contributed by atoms with Crippen molar-refractivity contribution >= 4 is 52.4 Å². The number of ether oxygens (including phenoxy) is 1. The number of allylic oxidation sites excluding steroid dienone is 2. The number of nitro groups is 1. The molecular formula is C21H17Cl2NO5S. The highest BCUT2D eigenvalue weighted by molar-refractivity contribution is 8.04. The Bertz CT molecular complexity index is 1060. The van der Waals surface area contributed by atoms with Gasteiger partial charge in [0.05, 0.1) is 20.4 Å². The van der Waals surface area contributed by atoms with Crippen LogP contribution in [0.3, 0.4) is 0 Å². The van der Waals surface area contributed by atoms with Gasteiger partial charge in [0, 0.05) is 34.9 Å². The van der Waals surface area contributed by atoms with E-state index >= 15 is 0 Å². The molecule has 2 aromatic rings. The third-order valence-electron chi connectivity index (χ3n) is 4.42. The Hall–Kier alpha value is -2.35. The number of rotatable bonds is 5. The summed E-state index contributed by atoms with van der Waals surface area (Å²) in [6.45, 7) is 3.84. The van der Waals surface area contributed by atoms with Crippen molar-refractivity contribution in [3.63, 3.8) is 0 Å². The Morgan fingerprint density at radius 2 is 1.80 bits per heavy atom. The molecule has 0 heterocycles. The molecule has 156 valence electrons. The molecule has 0 amide bonds. The van der Waals surface area contributed by atoms with E-state index < -0.39 is 10.9 Å². The minimum absolute atomic E-state index is 0.0477. The van der Waals surface area contributed by atoms with Gasteiger partial charge in [0.1, 0.15) is 5.76 Å². The van der Waals surface area contributed by atoms with Crippen LogP contribution in [-0.4, -0.2) is 16.7 Å². The van der Waals surface area contributed by atoms with Gasteiger partial charge in [-0.25, -0.2) is 4.79 Å². The molecule has 30 heavy (non-hydrogen) atoms. The van der Waals surface area contributed by atoms with Crippen LogP contribution >= 0.6 is 35.0 Å². The molecule has 6 nitrogen and oxygen atoms in total. The average molecular weight is 466 g/mol. The second-order valence-electron chi connectivity index (χ2n) is 7.56. The minimum atomic E-state index is -0.682. The number of benzene rings is 2. The lowest BCUT2D eigenvalue weighted by Gasteiger charge is -2.31. The second kappa shape index (κ2) is 8.79. The molecule has 2 aromatic carbocycles. The summed E-state index contributed by atoms with van der Waals surface area (Å²) in [5, 5.41) is 11.4. The molecule has 0 aromatic heterocycles. The maximum Gasteiger partial charge on any atom is 0.344 e. The SMILES string of the molecule is CC1(C)CC(=O)C(Sc2ccc([N+](=O)[O-])cc2)=C(OC(=O)c2ccc(Cl)cc2Cl)C1. The lowest BCUT2D eigenvalue weighted by molar-refractivity contribution is -0.384. The molecule has 0 atom stereocenters. The number of nitrogens with zero attached hydrogens (tertiary/aromatic N) is 1. The number of hydrogen-bond acceptors (Lipinski definition) is 6. The van der Waals surface area contributed by atoms with Crippen LogP contribution in [0.4, 0.5) is 5.69 Å². The molecule has 3 rings (SSSR count). The number of nitro benzene ring substituents is 1. The molecule has 0 bridgehead atoms. The Labute approximate surface area is 187 Å². The summed E-state index contributed by atoms with van der Waals surface area (Å²) in [5.41, 5.74) is -0.284. The van der Waals surface area contributed by atoms with Gasteiger partial charge < -0.3 is 4.74 Å². The molecule has 1 aliphatic carbocycles. The van der Waals surface area contributed by atoms with E-state index in [4.69, 9.17) is 27.9 Å². The van der Waals surface area contributed by atoms with E-state index in [1.165, 1.54) is 30.3 Å². The zero-order chi connectivity index (χ0) is 22.1. The molecule has 0 spiro atoms. The van der Waals surface area contributed by atoms with E-state index in [1.807, 2.05) is 13.8 Å². The summed E-state index contributed by atoms with van der Waals surface area (Å²) in [7, 11) is 0. The largest absolute Gasteiger partial charge is 0.426 e. The maximum absolute atomic E-state index is 12.8. The van der Waals surface area contributed by atoms with Gasteiger partial charge in [0.2, 0.25) is 0 Å². The van der Waals surface area contributed by atoms with Gasteiger partial charge in [-0.1, -0.05) is 48.8 Å². The average Bonchev–Trinajstić information content (AvgIpc) is 2.64. The first-order valence-electron chi connectivity index (χ1n) is 8.92. The summed E-state index contributed by atoms with van der Waals surface area (Å²) in [6.07, 6.45) is 0.677. The number of ketones is 1. The van der Waals surface area contributed by atoms with E-state index in [0.29, 0.717) is 27.7 Å². The van der Waals surface area contributed by atoms with E-state index in [2.05, 4.69) is 0 Å². The Morgan fingerprint density at radius 3 is 2.40 bits per heavy atom. The number of halogens is 2. The van der Waals surface area contributed by atoms with E-state index in [0.717, 1.165) is 11.8 Å². The zero-order valence-corrected chi connectivity index (χ0v) is 18.4. The zero-order valence-electron chi connectivity index (χ0n) is 16.1. The second-order valence-corrected chi connectivity index (χ2v) is 9.49. The monoisotopic (exact) mass is 465 g/mol. The number of carbonyl (C=O) groups is 2. The summed E-state index contributed by atoms with van der Waals surface area (Å²) >= 11 is 13.1. The molecule has 0 unspecified atom stereocenters. The molecule has 0 saturated heterocycles. The van der Waals surface area contributed by atoms with Crippen LogP contribution in [-0.2, 0) is 9.53 Å². The number of hydrogen-bond donors (Lipinski definition) is 0. The van der Waals surface area contributed by atoms with Crippen LogP contribution in [0.25, 0.3) is 0 Å². The van der Waals surface area contributed by atoms with Gasteiger partial charge in [-0.2, -0.15) is 0 Å². The fourth-order valence-corrected chi connectivity index (χ4v) is 4.43. The van der Waals surface area contributed by atoms with E-state index in [-0.39, 0.29) is 33.2 Å². The normalized spacial score (nSPS) is 15.8. The molecule has 0 N–H and O–H groups in total. The fourth-order valence-electron chi connectivity index (χ4n) is 3.02. The number of non-ortho nitro benzene ring substituents is 1. The summed E-state index contributed by atoms with van der Waals surface area (Å²) in [5.74, 6) is -0.575. The Morgan fingerprint density at radius 1 is 1.13 bits per heavy atom. The predicted molar refractivity (Wildman–Crippen MR) is 116 cm³/mol. The fraction of sp³-hybridized carbons (Fsp3) is 0.238. The van der Waals surface area contributed by atoms with Crippen LogP contribution in [0.15, 0.2) is 58.0 Å². The Kier molecular flexibility index (Phi) is 6.55. The van der Waals surface area contributed by atoms with Crippen LogP contribution in [0, 0.1) is 15.5 Å². The van der Waals surface area contributed by atoms with Crippen molar-refractivity contribution in [2.75, 3.05) is 0 Å². The first-order chi connectivity index (χ1) is 14.1. The van der Waals surface area contributed by atoms with Crippen molar-refractivity contribution in [2.45, 2.75) is 31.6 Å². The van der Waals surface area contributed by atoms with Crippen LogP contribution in [0.2, 0.25) is 10.0 Å². The van der Waals surface area contributed by atoms with Gasteiger partial charge in [-0.3, -0.25) is 14.9 Å². The van der Waals surface area contributed by atoms with E-state index in [9.17, 15) is 19.7 Å². The van der Waals surface area contributed by atoms with Gasteiger partial charge >= 0.3 is 5.97 Å². The first-order valence-corrected chi connectivity index (χ1v) is 10.5. The van der Waals surface area contributed by atoms with Gasteiger partial charge in [0.15, 0.2) is 5.78 Å². The lowest BCUT2D eigenvalue weighted by atomic mass is 9.79. The third-order valence-corrected chi connectivity index (χ3v) is 6.13. The number of esters is 1. The number of Topliss-reactive ketones (excluding diaryl/α,β-unsaturated/α-hetero) is 1. The van der Waals surface area contributed by atoms with E-state index in [1.54, 1.807) is 12.1 Å². The lowest BCUT2D eigenvalue weighted by Crippen LogP contribution is -2.26. The molecular weight excluding hydrogens is 449 g/mol. The molecule has 0 saturated carbocycles. The highest BCUT2D eigenvalue weighted by Gasteiger charge is 2.36. The third kappa shape index (κ3) is 5.22. The van der Waals surface area contributed by atoms with Crippen LogP contribution in [0.5, 0.6) is 0 Å². The van der Waals surface area contributed by atoms with Crippen molar-refractivity contribution in [1.82, 2.24) is 0 Å². The highest BCUT2D eigenvalue weighted by Crippen LogP contribution is 2.43. The predicted octanol–water partition coefficient (Wildman–Crippen LogP) is 6.45. The minimum Gasteiger partial charge on any atom is -0.426 e. The molecule has 0 aliphatic heterocycles. The van der Waals surface area contributed by atoms with Gasteiger partial charge in [-0.15, -0.1) is 0 Å². The molecule has 1 aliphatic rings. The van der Waals surface area contributed by atoms with Crippen molar-refractivity contribution in [3.05, 3.63) is 78.9 Å².